The van der Waals surface area contributed by atoms with Gasteiger partial charge in [-0.2, -0.15) is 0 Å². The van der Waals surface area contributed by atoms with Crippen molar-refractivity contribution in [3.8, 4) is 0 Å². The van der Waals surface area contributed by atoms with Gasteiger partial charge in [0, 0.05) is 25.6 Å². The van der Waals surface area contributed by atoms with Gasteiger partial charge in [0.2, 0.25) is 0 Å². The van der Waals surface area contributed by atoms with Crippen molar-refractivity contribution in [3.63, 3.8) is 0 Å². The maximum Gasteiger partial charge on any atom is 0.117 e. The fourth-order valence-electron chi connectivity index (χ4n) is 2.18. The van der Waals surface area contributed by atoms with Gasteiger partial charge in [-0.05, 0) is 31.5 Å². The second kappa shape index (κ2) is 6.22. The van der Waals surface area contributed by atoms with E-state index in [1.165, 1.54) is 19.4 Å². The Morgan fingerprint density at radius 1 is 1.29 bits per heavy atom. The average Bonchev–Trinajstić information content (AvgIpc) is 3.08. The molecule has 1 aromatic rings. The third-order valence-corrected chi connectivity index (χ3v) is 3.41. The topological polar surface area (TPSA) is 28.4 Å². The van der Waals surface area contributed by atoms with Crippen molar-refractivity contribution < 1.29 is 4.42 Å². The quantitative estimate of drug-likeness (QED) is 0.703. The van der Waals surface area contributed by atoms with Gasteiger partial charge in [-0.3, -0.25) is 4.90 Å². The zero-order valence-corrected chi connectivity index (χ0v) is 11.0. The smallest absolute Gasteiger partial charge is 0.117 e. The minimum atomic E-state index is 0.849. The summed E-state index contributed by atoms with van der Waals surface area (Å²) in [5, 5.41) is 3.45. The van der Waals surface area contributed by atoms with E-state index in [2.05, 4.69) is 36.2 Å². The van der Waals surface area contributed by atoms with Crippen LogP contribution in [-0.4, -0.2) is 30.6 Å². The molecule has 0 bridgehead atoms. The Bertz CT molecular complexity index is 331. The van der Waals surface area contributed by atoms with Crippen molar-refractivity contribution in [3.05, 3.63) is 23.7 Å². The number of aryl methyl sites for hydroxylation is 1. The molecule has 3 nitrogen and oxygen atoms in total. The van der Waals surface area contributed by atoms with Crippen molar-refractivity contribution in [2.75, 3.05) is 19.6 Å². The van der Waals surface area contributed by atoms with Gasteiger partial charge in [-0.1, -0.05) is 13.8 Å². The molecule has 1 heterocycles. The molecule has 0 aliphatic heterocycles. The number of nitrogens with one attached hydrogen (secondary N) is 1. The van der Waals surface area contributed by atoms with Crippen LogP contribution in [0.3, 0.4) is 0 Å². The minimum absolute atomic E-state index is 0.849. The van der Waals surface area contributed by atoms with Gasteiger partial charge < -0.3 is 9.73 Å². The largest absolute Gasteiger partial charge is 0.465 e. The van der Waals surface area contributed by atoms with Gasteiger partial charge in [0.05, 0.1) is 6.54 Å². The molecule has 0 amide bonds. The summed E-state index contributed by atoms with van der Waals surface area (Å²) in [6, 6.07) is 5.02. The molecule has 0 spiro atoms. The number of hydrogen-bond acceptors (Lipinski definition) is 3. The highest BCUT2D eigenvalue weighted by molar-refractivity contribution is 5.06. The standard InChI is InChI=1S/C14H24N2O/c1-3-13-7-8-14(17-13)11-15-9-10-16(4-2)12-5-6-12/h7-8,12,15H,3-6,9-11H2,1-2H3. The fourth-order valence-corrected chi connectivity index (χ4v) is 2.18. The summed E-state index contributed by atoms with van der Waals surface area (Å²) in [5.74, 6) is 2.13. The number of likely N-dealkylation sites (N-methyl/N-ethyl adjacent to an activating group) is 1. The molecule has 1 saturated carbocycles. The summed E-state index contributed by atoms with van der Waals surface area (Å²) < 4.78 is 5.65. The Morgan fingerprint density at radius 2 is 2.06 bits per heavy atom. The lowest BCUT2D eigenvalue weighted by Gasteiger charge is -2.19. The molecule has 2 rings (SSSR count). The first kappa shape index (κ1) is 12.7. The first-order valence-corrected chi connectivity index (χ1v) is 6.85. The molecule has 0 saturated heterocycles. The number of nitrogens with zero attached hydrogens (tertiary/aromatic N) is 1. The fraction of sp³-hybridized carbons (Fsp3) is 0.714. The van der Waals surface area contributed by atoms with E-state index in [0.29, 0.717) is 0 Å². The van der Waals surface area contributed by atoms with Crippen LogP contribution in [-0.2, 0) is 13.0 Å². The lowest BCUT2D eigenvalue weighted by molar-refractivity contribution is 0.275. The van der Waals surface area contributed by atoms with Crippen LogP contribution >= 0.6 is 0 Å². The second-order valence-corrected chi connectivity index (χ2v) is 4.76. The van der Waals surface area contributed by atoms with Crippen molar-refractivity contribution in [1.82, 2.24) is 10.2 Å². The molecule has 1 fully saturated rings. The van der Waals surface area contributed by atoms with Crippen molar-refractivity contribution in [2.45, 2.75) is 45.7 Å². The zero-order chi connectivity index (χ0) is 12.1. The van der Waals surface area contributed by atoms with Gasteiger partial charge in [0.25, 0.3) is 0 Å². The summed E-state index contributed by atoms with van der Waals surface area (Å²) in [5.41, 5.74) is 0. The van der Waals surface area contributed by atoms with Crippen molar-refractivity contribution in [1.29, 1.82) is 0 Å². The van der Waals surface area contributed by atoms with E-state index in [1.807, 2.05) is 0 Å². The summed E-state index contributed by atoms with van der Waals surface area (Å²) in [6.45, 7) is 8.59. The summed E-state index contributed by atoms with van der Waals surface area (Å²) in [7, 11) is 0. The molecule has 0 radical (unpaired) electrons. The third kappa shape index (κ3) is 3.86. The second-order valence-electron chi connectivity index (χ2n) is 4.76. The highest BCUT2D eigenvalue weighted by Crippen LogP contribution is 2.25. The van der Waals surface area contributed by atoms with Gasteiger partial charge in [-0.15, -0.1) is 0 Å². The van der Waals surface area contributed by atoms with Gasteiger partial charge >= 0.3 is 0 Å². The molecule has 1 aromatic heterocycles. The first-order valence-electron chi connectivity index (χ1n) is 6.85. The zero-order valence-electron chi connectivity index (χ0n) is 11.0. The predicted octanol–water partition coefficient (Wildman–Crippen LogP) is 2.42. The monoisotopic (exact) mass is 236 g/mol. The molecule has 17 heavy (non-hydrogen) atoms. The molecule has 1 aliphatic carbocycles. The Labute approximate surface area is 104 Å². The Morgan fingerprint density at radius 3 is 2.65 bits per heavy atom. The average molecular weight is 236 g/mol. The minimum Gasteiger partial charge on any atom is -0.465 e. The van der Waals surface area contributed by atoms with E-state index in [-0.39, 0.29) is 0 Å². The van der Waals surface area contributed by atoms with Crippen LogP contribution < -0.4 is 5.32 Å². The van der Waals surface area contributed by atoms with E-state index < -0.39 is 0 Å². The van der Waals surface area contributed by atoms with Crippen LogP contribution in [0.2, 0.25) is 0 Å². The molecule has 0 atom stereocenters. The molecule has 0 aromatic carbocycles. The molecular weight excluding hydrogens is 212 g/mol. The Kier molecular flexibility index (Phi) is 4.63. The van der Waals surface area contributed by atoms with Gasteiger partial charge in [0.15, 0.2) is 0 Å². The van der Waals surface area contributed by atoms with Crippen LogP contribution in [0.25, 0.3) is 0 Å². The highest BCUT2D eigenvalue weighted by atomic mass is 16.3. The molecular formula is C14H24N2O. The van der Waals surface area contributed by atoms with Crippen LogP contribution in [0.15, 0.2) is 16.5 Å². The number of furan rings is 1. The van der Waals surface area contributed by atoms with E-state index in [0.717, 1.165) is 43.6 Å². The van der Waals surface area contributed by atoms with Crippen molar-refractivity contribution in [2.24, 2.45) is 0 Å². The number of rotatable bonds is 8. The van der Waals surface area contributed by atoms with Crippen molar-refractivity contribution >= 4 is 0 Å². The van der Waals surface area contributed by atoms with Gasteiger partial charge in [-0.25, -0.2) is 0 Å². The van der Waals surface area contributed by atoms with Crippen LogP contribution in [0.1, 0.15) is 38.2 Å². The number of hydrogen-bond donors (Lipinski definition) is 1. The highest BCUT2D eigenvalue weighted by Gasteiger charge is 2.26. The lowest BCUT2D eigenvalue weighted by atomic mass is 10.3. The third-order valence-electron chi connectivity index (χ3n) is 3.41. The maximum absolute atomic E-state index is 5.65. The van der Waals surface area contributed by atoms with Crippen LogP contribution in [0.5, 0.6) is 0 Å². The maximum atomic E-state index is 5.65. The van der Waals surface area contributed by atoms with E-state index in [4.69, 9.17) is 4.42 Å². The van der Waals surface area contributed by atoms with Gasteiger partial charge in [0.1, 0.15) is 11.5 Å². The normalized spacial score (nSPS) is 15.7. The van der Waals surface area contributed by atoms with E-state index in [1.54, 1.807) is 0 Å². The summed E-state index contributed by atoms with van der Waals surface area (Å²) in [4.78, 5) is 2.56. The lowest BCUT2D eigenvalue weighted by Crippen LogP contribution is -2.33. The molecule has 1 N–H and O–H groups in total. The summed E-state index contributed by atoms with van der Waals surface area (Å²) in [6.07, 6.45) is 3.77. The van der Waals surface area contributed by atoms with Crippen LogP contribution in [0.4, 0.5) is 0 Å². The van der Waals surface area contributed by atoms with E-state index in [9.17, 15) is 0 Å². The predicted molar refractivity (Wildman–Crippen MR) is 70.1 cm³/mol. The Balaban J connectivity index is 1.62. The van der Waals surface area contributed by atoms with E-state index >= 15 is 0 Å². The SMILES string of the molecule is CCc1ccc(CNCCN(CC)C2CC2)o1. The Hall–Kier alpha value is -0.800. The molecule has 0 unspecified atom stereocenters. The molecule has 1 aliphatic rings. The molecule has 96 valence electrons. The summed E-state index contributed by atoms with van der Waals surface area (Å²) >= 11 is 0. The first-order chi connectivity index (χ1) is 8.33. The molecule has 3 heteroatoms. The van der Waals surface area contributed by atoms with Crippen LogP contribution in [0, 0.1) is 0 Å².